The Labute approximate surface area is 105 Å². The second kappa shape index (κ2) is 8.03. The first-order valence-corrected chi connectivity index (χ1v) is 6.64. The van der Waals surface area contributed by atoms with Crippen molar-refractivity contribution in [1.82, 2.24) is 5.32 Å². The van der Waals surface area contributed by atoms with E-state index in [1.165, 1.54) is 0 Å². The van der Waals surface area contributed by atoms with Gasteiger partial charge in [0.05, 0.1) is 12.7 Å². The maximum Gasteiger partial charge on any atom is 0.0617 e. The van der Waals surface area contributed by atoms with Crippen molar-refractivity contribution in [2.45, 2.75) is 32.8 Å². The summed E-state index contributed by atoms with van der Waals surface area (Å²) in [6.45, 7) is 9.37. The summed E-state index contributed by atoms with van der Waals surface area (Å²) < 4.78 is 16.3. The fourth-order valence-electron chi connectivity index (χ4n) is 2.40. The number of methoxy groups -OCH3 is 1. The van der Waals surface area contributed by atoms with Crippen LogP contribution in [0.3, 0.4) is 0 Å². The second-order valence-electron chi connectivity index (χ2n) is 4.74. The van der Waals surface area contributed by atoms with Gasteiger partial charge in [0.15, 0.2) is 0 Å². The van der Waals surface area contributed by atoms with E-state index in [0.29, 0.717) is 6.10 Å². The molecule has 0 aromatic heterocycles. The third kappa shape index (κ3) is 4.54. The fourth-order valence-corrected chi connectivity index (χ4v) is 2.40. The zero-order valence-electron chi connectivity index (χ0n) is 11.5. The summed E-state index contributed by atoms with van der Waals surface area (Å²) >= 11 is 0. The van der Waals surface area contributed by atoms with Crippen LogP contribution < -0.4 is 5.32 Å². The van der Waals surface area contributed by atoms with Crippen LogP contribution in [0.25, 0.3) is 0 Å². The van der Waals surface area contributed by atoms with Gasteiger partial charge in [0, 0.05) is 45.4 Å². The van der Waals surface area contributed by atoms with E-state index in [-0.39, 0.29) is 5.41 Å². The standard InChI is InChI=1S/C13H27NO3/c1-4-16-8-5-13(6-9-17-12(13)2)11-14-7-10-15-3/h12,14H,4-11H2,1-3H3. The third-order valence-corrected chi connectivity index (χ3v) is 3.74. The Hall–Kier alpha value is -0.160. The minimum absolute atomic E-state index is 0.239. The molecule has 0 saturated carbocycles. The number of hydrogen-bond donors (Lipinski definition) is 1. The predicted molar refractivity (Wildman–Crippen MR) is 68.3 cm³/mol. The molecule has 102 valence electrons. The summed E-state index contributed by atoms with van der Waals surface area (Å²) in [4.78, 5) is 0. The smallest absolute Gasteiger partial charge is 0.0617 e. The number of rotatable bonds is 9. The zero-order chi connectivity index (χ0) is 12.6. The maximum atomic E-state index is 5.73. The van der Waals surface area contributed by atoms with Crippen molar-refractivity contribution in [3.8, 4) is 0 Å². The van der Waals surface area contributed by atoms with Crippen LogP contribution in [0.15, 0.2) is 0 Å². The largest absolute Gasteiger partial charge is 0.383 e. The molecule has 4 heteroatoms. The lowest BCUT2D eigenvalue weighted by atomic mass is 9.78. The minimum atomic E-state index is 0.239. The van der Waals surface area contributed by atoms with E-state index < -0.39 is 0 Å². The van der Waals surface area contributed by atoms with Gasteiger partial charge in [0.25, 0.3) is 0 Å². The lowest BCUT2D eigenvalue weighted by Gasteiger charge is -2.32. The molecule has 1 aliphatic heterocycles. The predicted octanol–water partition coefficient (Wildman–Crippen LogP) is 1.44. The highest BCUT2D eigenvalue weighted by Gasteiger charge is 2.40. The van der Waals surface area contributed by atoms with Gasteiger partial charge in [0.1, 0.15) is 0 Å². The van der Waals surface area contributed by atoms with Gasteiger partial charge in [-0.25, -0.2) is 0 Å². The highest BCUT2D eigenvalue weighted by Crippen LogP contribution is 2.37. The summed E-state index contributed by atoms with van der Waals surface area (Å²) in [5, 5.41) is 3.47. The van der Waals surface area contributed by atoms with Crippen LogP contribution in [-0.2, 0) is 14.2 Å². The Balaban J connectivity index is 2.36. The lowest BCUT2D eigenvalue weighted by Crippen LogP contribution is -2.41. The molecule has 17 heavy (non-hydrogen) atoms. The van der Waals surface area contributed by atoms with Crippen LogP contribution >= 0.6 is 0 Å². The topological polar surface area (TPSA) is 39.7 Å². The highest BCUT2D eigenvalue weighted by molar-refractivity contribution is 4.91. The Morgan fingerprint density at radius 3 is 2.82 bits per heavy atom. The molecule has 2 atom stereocenters. The molecule has 1 N–H and O–H groups in total. The van der Waals surface area contributed by atoms with E-state index in [4.69, 9.17) is 14.2 Å². The van der Waals surface area contributed by atoms with Gasteiger partial charge in [-0.3, -0.25) is 0 Å². The molecule has 4 nitrogen and oxygen atoms in total. The summed E-state index contributed by atoms with van der Waals surface area (Å²) in [7, 11) is 1.73. The SMILES string of the molecule is CCOCCC1(CNCCOC)CCOC1C. The van der Waals surface area contributed by atoms with Crippen molar-refractivity contribution in [2.24, 2.45) is 5.41 Å². The molecule has 0 spiro atoms. The third-order valence-electron chi connectivity index (χ3n) is 3.74. The molecule has 0 aromatic rings. The van der Waals surface area contributed by atoms with Gasteiger partial charge < -0.3 is 19.5 Å². The molecule has 0 bridgehead atoms. The highest BCUT2D eigenvalue weighted by atomic mass is 16.5. The molecular formula is C13H27NO3. The molecule has 2 unspecified atom stereocenters. The van der Waals surface area contributed by atoms with Gasteiger partial charge >= 0.3 is 0 Å². The average Bonchev–Trinajstić information content (AvgIpc) is 2.68. The molecule has 0 radical (unpaired) electrons. The van der Waals surface area contributed by atoms with E-state index in [0.717, 1.165) is 52.4 Å². The van der Waals surface area contributed by atoms with Gasteiger partial charge in [0.2, 0.25) is 0 Å². The van der Waals surface area contributed by atoms with Crippen LogP contribution in [0, 0.1) is 5.41 Å². The van der Waals surface area contributed by atoms with Crippen LogP contribution in [0.1, 0.15) is 26.7 Å². The van der Waals surface area contributed by atoms with Crippen molar-refractivity contribution >= 4 is 0 Å². The summed E-state index contributed by atoms with van der Waals surface area (Å²) in [6.07, 6.45) is 2.52. The molecule has 0 amide bonds. The summed E-state index contributed by atoms with van der Waals surface area (Å²) in [5.74, 6) is 0. The molecule has 1 aliphatic rings. The quantitative estimate of drug-likeness (QED) is 0.624. The van der Waals surface area contributed by atoms with Crippen LogP contribution in [0.4, 0.5) is 0 Å². The zero-order valence-corrected chi connectivity index (χ0v) is 11.5. The molecule has 0 aromatic carbocycles. The molecule has 0 aliphatic carbocycles. The normalized spacial score (nSPS) is 28.8. The van der Waals surface area contributed by atoms with Gasteiger partial charge in [-0.15, -0.1) is 0 Å². The molecule has 1 fully saturated rings. The Bertz CT molecular complexity index is 201. The molecule has 1 saturated heterocycles. The first-order chi connectivity index (χ1) is 8.25. The van der Waals surface area contributed by atoms with Crippen molar-refractivity contribution in [3.63, 3.8) is 0 Å². The van der Waals surface area contributed by atoms with E-state index >= 15 is 0 Å². The number of nitrogens with one attached hydrogen (secondary N) is 1. The van der Waals surface area contributed by atoms with Crippen molar-refractivity contribution in [3.05, 3.63) is 0 Å². The first kappa shape index (κ1) is 14.9. The summed E-state index contributed by atoms with van der Waals surface area (Å²) in [6, 6.07) is 0. The van der Waals surface area contributed by atoms with E-state index in [9.17, 15) is 0 Å². The first-order valence-electron chi connectivity index (χ1n) is 6.64. The maximum absolute atomic E-state index is 5.73. The molecular weight excluding hydrogens is 218 g/mol. The molecule has 1 rings (SSSR count). The Morgan fingerprint density at radius 1 is 1.41 bits per heavy atom. The van der Waals surface area contributed by atoms with Gasteiger partial charge in [-0.1, -0.05) is 0 Å². The summed E-state index contributed by atoms with van der Waals surface area (Å²) in [5.41, 5.74) is 0.239. The van der Waals surface area contributed by atoms with Crippen molar-refractivity contribution in [2.75, 3.05) is 46.6 Å². The van der Waals surface area contributed by atoms with Crippen LogP contribution in [0.2, 0.25) is 0 Å². The minimum Gasteiger partial charge on any atom is -0.383 e. The van der Waals surface area contributed by atoms with E-state index in [1.807, 2.05) is 6.92 Å². The van der Waals surface area contributed by atoms with E-state index in [1.54, 1.807) is 7.11 Å². The number of ether oxygens (including phenoxy) is 3. The van der Waals surface area contributed by atoms with E-state index in [2.05, 4.69) is 12.2 Å². The number of hydrogen-bond acceptors (Lipinski definition) is 4. The van der Waals surface area contributed by atoms with Gasteiger partial charge in [-0.05, 0) is 26.7 Å². The van der Waals surface area contributed by atoms with Crippen LogP contribution in [-0.4, -0.2) is 52.7 Å². The Kier molecular flexibility index (Phi) is 7.04. The second-order valence-corrected chi connectivity index (χ2v) is 4.74. The van der Waals surface area contributed by atoms with Crippen molar-refractivity contribution in [1.29, 1.82) is 0 Å². The Morgan fingerprint density at radius 2 is 2.24 bits per heavy atom. The molecule has 1 heterocycles. The fraction of sp³-hybridized carbons (Fsp3) is 1.00. The lowest BCUT2D eigenvalue weighted by molar-refractivity contribution is 0.0345. The van der Waals surface area contributed by atoms with Crippen LogP contribution in [0.5, 0.6) is 0 Å². The van der Waals surface area contributed by atoms with Crippen molar-refractivity contribution < 1.29 is 14.2 Å². The monoisotopic (exact) mass is 245 g/mol. The average molecular weight is 245 g/mol. The van der Waals surface area contributed by atoms with Gasteiger partial charge in [-0.2, -0.15) is 0 Å².